The van der Waals surface area contributed by atoms with Crippen LogP contribution >= 0.6 is 23.5 Å². The fourth-order valence-electron chi connectivity index (χ4n) is 2.40. The molecule has 4 unspecified atom stereocenters. The number of imide groups is 1. The number of likely N-dealkylation sites (tertiary alicyclic amines) is 1. The third-order valence-electron chi connectivity index (χ3n) is 4.38. The van der Waals surface area contributed by atoms with Crippen molar-refractivity contribution in [1.29, 1.82) is 0 Å². The van der Waals surface area contributed by atoms with Crippen molar-refractivity contribution in [1.82, 2.24) is 10.2 Å². The molecule has 12 heteroatoms. The Hall–Kier alpha value is -1.43. The molecule has 10 nitrogen and oxygen atoms in total. The maximum absolute atomic E-state index is 11.7. The number of rotatable bonds is 9. The van der Waals surface area contributed by atoms with Crippen molar-refractivity contribution in [2.24, 2.45) is 11.5 Å². The topological polar surface area (TPSA) is 184 Å². The standard InChI is InChI=1S/C9H16N2O2S.C8H18N2OS.CO2.H2O/c1-3-6(5-10)11-8(12)4-7(14-2)9(11)13;1-4-7(5-9)10-8(11)6(2)12-3;2-1-3;/h6-7H,3-5,10H2,1-2H3;6-7H,4-5,9H2,1-3H3,(H,10,11);;1H2. The van der Waals surface area contributed by atoms with Crippen LogP contribution < -0.4 is 16.8 Å². The van der Waals surface area contributed by atoms with Crippen LogP contribution in [0.1, 0.15) is 40.0 Å². The number of nitrogens with two attached hydrogens (primary N) is 2. The molecular formula is C18H36N4O6S2. The molecule has 4 atom stereocenters. The first kappa shape index (κ1) is 33.2. The Balaban J connectivity index is -0.000000421. The fraction of sp³-hybridized carbons (Fsp3) is 0.778. The van der Waals surface area contributed by atoms with Gasteiger partial charge in [-0.2, -0.15) is 33.1 Å². The van der Waals surface area contributed by atoms with Crippen LogP contribution in [0.5, 0.6) is 0 Å². The van der Waals surface area contributed by atoms with Gasteiger partial charge < -0.3 is 22.3 Å². The van der Waals surface area contributed by atoms with Gasteiger partial charge >= 0.3 is 6.15 Å². The minimum absolute atomic E-state index is 0. The van der Waals surface area contributed by atoms with E-state index in [9.17, 15) is 14.4 Å². The van der Waals surface area contributed by atoms with E-state index in [0.29, 0.717) is 19.5 Å². The third-order valence-corrected chi connectivity index (χ3v) is 6.24. The maximum Gasteiger partial charge on any atom is 0.373 e. The molecule has 1 saturated heterocycles. The van der Waals surface area contributed by atoms with Gasteiger partial charge in [-0.15, -0.1) is 0 Å². The molecule has 1 aliphatic rings. The average molecular weight is 469 g/mol. The van der Waals surface area contributed by atoms with Gasteiger partial charge in [0.2, 0.25) is 17.7 Å². The van der Waals surface area contributed by atoms with Crippen LogP contribution in [0.2, 0.25) is 0 Å². The Labute approximate surface area is 186 Å². The van der Waals surface area contributed by atoms with E-state index >= 15 is 0 Å². The molecule has 30 heavy (non-hydrogen) atoms. The second-order valence-corrected chi connectivity index (χ2v) is 8.36. The van der Waals surface area contributed by atoms with E-state index in [4.69, 9.17) is 21.1 Å². The summed E-state index contributed by atoms with van der Waals surface area (Å²) in [5.74, 6) is -0.0637. The van der Waals surface area contributed by atoms with Crippen molar-refractivity contribution in [3.05, 3.63) is 0 Å². The molecule has 7 N–H and O–H groups in total. The molecule has 0 spiro atoms. The second kappa shape index (κ2) is 19.5. The minimum Gasteiger partial charge on any atom is -0.412 e. The Bertz CT molecular complexity index is 539. The summed E-state index contributed by atoms with van der Waals surface area (Å²) in [7, 11) is 0. The van der Waals surface area contributed by atoms with E-state index in [1.165, 1.54) is 16.7 Å². The lowest BCUT2D eigenvalue weighted by Gasteiger charge is -2.23. The number of amides is 3. The maximum atomic E-state index is 11.7. The van der Waals surface area contributed by atoms with Crippen LogP contribution in [0, 0.1) is 0 Å². The lowest BCUT2D eigenvalue weighted by Crippen LogP contribution is -2.44. The summed E-state index contributed by atoms with van der Waals surface area (Å²) in [6, 6.07) is 0.0132. The Morgan fingerprint density at radius 2 is 1.73 bits per heavy atom. The number of hydrogen-bond acceptors (Lipinski definition) is 9. The van der Waals surface area contributed by atoms with Gasteiger partial charge in [0.25, 0.3) is 0 Å². The van der Waals surface area contributed by atoms with Gasteiger partial charge in [0, 0.05) is 25.6 Å². The molecule has 1 fully saturated rings. The highest BCUT2D eigenvalue weighted by atomic mass is 32.2. The summed E-state index contributed by atoms with van der Waals surface area (Å²) in [5.41, 5.74) is 11.0. The SMILES string of the molecule is CCC(CN)N1C(=O)CC(SC)C1=O.CCC(CN)NC(=O)C(C)SC.O.O=C=O. The number of carbonyl (C=O) groups excluding carboxylic acids is 5. The first-order valence-corrected chi connectivity index (χ1v) is 11.9. The highest BCUT2D eigenvalue weighted by Crippen LogP contribution is 2.25. The normalized spacial score (nSPS) is 17.8. The summed E-state index contributed by atoms with van der Waals surface area (Å²) >= 11 is 2.98. The van der Waals surface area contributed by atoms with Crippen molar-refractivity contribution < 1.29 is 29.4 Å². The van der Waals surface area contributed by atoms with E-state index in [1.54, 1.807) is 11.8 Å². The van der Waals surface area contributed by atoms with Crippen LogP contribution in [-0.2, 0) is 24.0 Å². The van der Waals surface area contributed by atoms with Crippen molar-refractivity contribution in [2.75, 3.05) is 25.6 Å². The first-order chi connectivity index (χ1) is 13.7. The molecule has 0 radical (unpaired) electrons. The van der Waals surface area contributed by atoms with E-state index in [0.717, 1.165) is 12.8 Å². The van der Waals surface area contributed by atoms with Crippen LogP contribution in [0.15, 0.2) is 0 Å². The summed E-state index contributed by atoms with van der Waals surface area (Å²) in [6.07, 6.45) is 5.98. The van der Waals surface area contributed by atoms with Crippen molar-refractivity contribution in [3.8, 4) is 0 Å². The second-order valence-electron chi connectivity index (χ2n) is 6.14. The highest BCUT2D eigenvalue weighted by Gasteiger charge is 2.40. The van der Waals surface area contributed by atoms with E-state index in [2.05, 4.69) is 5.32 Å². The molecule has 1 rings (SSSR count). The Kier molecular flexibility index (Phi) is 21.6. The number of carbonyl (C=O) groups is 3. The van der Waals surface area contributed by atoms with Crippen molar-refractivity contribution >= 4 is 47.4 Å². The third kappa shape index (κ3) is 11.7. The fourth-order valence-corrected chi connectivity index (χ4v) is 3.30. The van der Waals surface area contributed by atoms with Gasteiger partial charge in [0.05, 0.1) is 16.5 Å². The number of thioether (sulfide) groups is 2. The Morgan fingerprint density at radius 3 is 2.03 bits per heavy atom. The van der Waals surface area contributed by atoms with Gasteiger partial charge in [0.15, 0.2) is 0 Å². The lowest BCUT2D eigenvalue weighted by atomic mass is 10.2. The molecule has 3 amide bonds. The molecule has 176 valence electrons. The predicted molar refractivity (Wildman–Crippen MR) is 120 cm³/mol. The van der Waals surface area contributed by atoms with Crippen LogP contribution in [-0.4, -0.2) is 82.4 Å². The highest BCUT2D eigenvalue weighted by molar-refractivity contribution is 8.00. The van der Waals surface area contributed by atoms with E-state index in [-0.39, 0.29) is 51.9 Å². The summed E-state index contributed by atoms with van der Waals surface area (Å²) in [5, 5.41) is 2.71. The van der Waals surface area contributed by atoms with E-state index < -0.39 is 0 Å². The summed E-state index contributed by atoms with van der Waals surface area (Å²) in [6.45, 7) is 6.72. The molecule has 1 heterocycles. The summed E-state index contributed by atoms with van der Waals surface area (Å²) in [4.78, 5) is 52.2. The zero-order chi connectivity index (χ0) is 23.0. The smallest absolute Gasteiger partial charge is 0.373 e. The van der Waals surface area contributed by atoms with Gasteiger partial charge in [-0.1, -0.05) is 13.8 Å². The zero-order valence-electron chi connectivity index (χ0n) is 18.3. The van der Waals surface area contributed by atoms with Gasteiger partial charge in [0.1, 0.15) is 0 Å². The molecule has 0 aromatic heterocycles. The predicted octanol–water partition coefficient (Wildman–Crippen LogP) is -0.603. The largest absolute Gasteiger partial charge is 0.412 e. The molecule has 0 aromatic rings. The van der Waals surface area contributed by atoms with Gasteiger partial charge in [-0.25, -0.2) is 0 Å². The summed E-state index contributed by atoms with van der Waals surface area (Å²) < 4.78 is 0. The van der Waals surface area contributed by atoms with Crippen LogP contribution in [0.3, 0.4) is 0 Å². The molecule has 0 saturated carbocycles. The quantitative estimate of drug-likeness (QED) is 0.371. The minimum atomic E-state index is -0.192. The molecular weight excluding hydrogens is 432 g/mol. The van der Waals surface area contributed by atoms with E-state index in [1.807, 2.05) is 33.3 Å². The molecule has 0 bridgehead atoms. The average Bonchev–Trinajstić information content (AvgIpc) is 3.01. The molecule has 0 aliphatic carbocycles. The van der Waals surface area contributed by atoms with Crippen molar-refractivity contribution in [3.63, 3.8) is 0 Å². The van der Waals surface area contributed by atoms with Crippen molar-refractivity contribution in [2.45, 2.75) is 62.6 Å². The van der Waals surface area contributed by atoms with Crippen LogP contribution in [0.25, 0.3) is 0 Å². The number of hydrogen-bond donors (Lipinski definition) is 3. The molecule has 0 aromatic carbocycles. The van der Waals surface area contributed by atoms with Crippen LogP contribution in [0.4, 0.5) is 0 Å². The molecule has 1 aliphatic heterocycles. The van der Waals surface area contributed by atoms with Gasteiger partial charge in [-0.3, -0.25) is 19.3 Å². The number of nitrogens with one attached hydrogen (secondary N) is 1. The Morgan fingerprint density at radius 1 is 1.20 bits per heavy atom. The van der Waals surface area contributed by atoms with Gasteiger partial charge in [-0.05, 0) is 32.3 Å². The lowest BCUT2D eigenvalue weighted by molar-refractivity contribution is -0.191. The zero-order valence-corrected chi connectivity index (χ0v) is 19.9. The monoisotopic (exact) mass is 468 g/mol. The number of nitrogens with zero attached hydrogens (tertiary/aromatic N) is 1. The first-order valence-electron chi connectivity index (χ1n) is 9.33.